The van der Waals surface area contributed by atoms with Crippen molar-refractivity contribution < 1.29 is 14.6 Å². The highest BCUT2D eigenvalue weighted by Crippen LogP contribution is 2.14. The van der Waals surface area contributed by atoms with Crippen LogP contribution in [0.1, 0.15) is 27.0 Å². The number of carboxylic acids is 1. The van der Waals surface area contributed by atoms with Crippen LogP contribution in [0.25, 0.3) is 0 Å². The quantitative estimate of drug-likeness (QED) is 0.454. The van der Waals surface area contributed by atoms with Crippen LogP contribution in [0.5, 0.6) is 5.75 Å². The van der Waals surface area contributed by atoms with E-state index in [1.807, 2.05) is 30.3 Å². The van der Waals surface area contributed by atoms with Crippen molar-refractivity contribution in [1.29, 1.82) is 0 Å². The van der Waals surface area contributed by atoms with E-state index in [0.29, 0.717) is 12.2 Å². The van der Waals surface area contributed by atoms with Crippen LogP contribution in [0.2, 0.25) is 0 Å². The van der Waals surface area contributed by atoms with E-state index in [4.69, 9.17) is 9.84 Å². The summed E-state index contributed by atoms with van der Waals surface area (Å²) >= 11 is 0. The number of benzene rings is 3. The lowest BCUT2D eigenvalue weighted by molar-refractivity contribution is 0.0697. The lowest BCUT2D eigenvalue weighted by Gasteiger charge is -2.22. The minimum atomic E-state index is -0.890. The van der Waals surface area contributed by atoms with E-state index in [0.717, 1.165) is 43.9 Å². The maximum Gasteiger partial charge on any atom is 0.335 e. The summed E-state index contributed by atoms with van der Waals surface area (Å²) in [5.74, 6) is 0.0132. The maximum absolute atomic E-state index is 11.0. The Labute approximate surface area is 190 Å². The standard InChI is InChI=1S/C27H32N2O3/c1-28(20-23-8-12-25(13-9-23)27(30)31)17-18-29(2)21-24-10-14-26(15-11-24)32-19-16-22-6-4-3-5-7-22/h3-15H,16-21H2,1-2H3,(H,30,31). The summed E-state index contributed by atoms with van der Waals surface area (Å²) in [6, 6.07) is 25.8. The SMILES string of the molecule is CN(CCN(C)Cc1ccc(C(=O)O)cc1)Cc1ccc(OCCc2ccccc2)cc1. The van der Waals surface area contributed by atoms with Crippen molar-refractivity contribution in [2.75, 3.05) is 33.8 Å². The molecule has 0 saturated heterocycles. The minimum absolute atomic E-state index is 0.323. The second kappa shape index (κ2) is 12.0. The molecule has 0 saturated carbocycles. The number of rotatable bonds is 12. The average molecular weight is 433 g/mol. The van der Waals surface area contributed by atoms with Crippen LogP contribution in [0.15, 0.2) is 78.9 Å². The van der Waals surface area contributed by atoms with Crippen LogP contribution in [0.4, 0.5) is 0 Å². The zero-order valence-electron chi connectivity index (χ0n) is 18.9. The number of ether oxygens (including phenoxy) is 1. The van der Waals surface area contributed by atoms with Crippen LogP contribution in [-0.2, 0) is 19.5 Å². The second-order valence-corrected chi connectivity index (χ2v) is 8.21. The monoisotopic (exact) mass is 432 g/mol. The maximum atomic E-state index is 11.0. The number of hydrogen-bond acceptors (Lipinski definition) is 4. The van der Waals surface area contributed by atoms with Crippen LogP contribution >= 0.6 is 0 Å². The first-order valence-corrected chi connectivity index (χ1v) is 10.9. The third-order valence-corrected chi connectivity index (χ3v) is 5.39. The van der Waals surface area contributed by atoms with E-state index in [9.17, 15) is 4.79 Å². The Kier molecular flexibility index (Phi) is 8.84. The largest absolute Gasteiger partial charge is 0.493 e. The van der Waals surface area contributed by atoms with E-state index in [1.165, 1.54) is 11.1 Å². The van der Waals surface area contributed by atoms with Crippen molar-refractivity contribution in [3.8, 4) is 5.75 Å². The van der Waals surface area contributed by atoms with Crippen molar-refractivity contribution in [1.82, 2.24) is 9.80 Å². The molecule has 0 atom stereocenters. The highest BCUT2D eigenvalue weighted by atomic mass is 16.5. The highest BCUT2D eigenvalue weighted by Gasteiger charge is 2.06. The molecule has 168 valence electrons. The molecule has 32 heavy (non-hydrogen) atoms. The van der Waals surface area contributed by atoms with Gasteiger partial charge in [-0.05, 0) is 55.1 Å². The molecule has 5 nitrogen and oxygen atoms in total. The smallest absolute Gasteiger partial charge is 0.335 e. The van der Waals surface area contributed by atoms with Crippen LogP contribution in [0, 0.1) is 0 Å². The molecule has 0 unspecified atom stereocenters. The summed E-state index contributed by atoms with van der Waals surface area (Å²) < 4.78 is 5.87. The van der Waals surface area contributed by atoms with Crippen LogP contribution in [0.3, 0.4) is 0 Å². The first-order chi connectivity index (χ1) is 15.5. The second-order valence-electron chi connectivity index (χ2n) is 8.21. The molecule has 0 radical (unpaired) electrons. The zero-order valence-corrected chi connectivity index (χ0v) is 18.9. The van der Waals surface area contributed by atoms with Gasteiger partial charge in [0.1, 0.15) is 5.75 Å². The first kappa shape index (κ1) is 23.5. The van der Waals surface area contributed by atoms with Crippen molar-refractivity contribution in [3.05, 3.63) is 101 Å². The molecule has 0 amide bonds. The molecular formula is C27H32N2O3. The third-order valence-electron chi connectivity index (χ3n) is 5.39. The van der Waals surface area contributed by atoms with Gasteiger partial charge >= 0.3 is 5.97 Å². The van der Waals surface area contributed by atoms with Gasteiger partial charge in [-0.1, -0.05) is 54.6 Å². The van der Waals surface area contributed by atoms with Crippen molar-refractivity contribution in [3.63, 3.8) is 0 Å². The topological polar surface area (TPSA) is 53.0 Å². The zero-order chi connectivity index (χ0) is 22.8. The van der Waals surface area contributed by atoms with Gasteiger partial charge in [-0.25, -0.2) is 4.79 Å². The van der Waals surface area contributed by atoms with Gasteiger partial charge in [-0.15, -0.1) is 0 Å². The Morgan fingerprint density at radius 3 is 1.81 bits per heavy atom. The van der Waals surface area contributed by atoms with Crippen molar-refractivity contribution in [2.24, 2.45) is 0 Å². The molecule has 0 aromatic heterocycles. The first-order valence-electron chi connectivity index (χ1n) is 10.9. The van der Waals surface area contributed by atoms with Gasteiger partial charge < -0.3 is 19.6 Å². The minimum Gasteiger partial charge on any atom is -0.493 e. The molecule has 0 bridgehead atoms. The van der Waals surface area contributed by atoms with E-state index < -0.39 is 5.97 Å². The Hall–Kier alpha value is -3.15. The fraction of sp³-hybridized carbons (Fsp3) is 0.296. The number of carboxylic acid groups (broad SMARTS) is 1. The molecule has 3 aromatic carbocycles. The fourth-order valence-electron chi connectivity index (χ4n) is 3.50. The van der Waals surface area contributed by atoms with E-state index >= 15 is 0 Å². The van der Waals surface area contributed by atoms with Gasteiger partial charge in [-0.2, -0.15) is 0 Å². The molecule has 5 heteroatoms. The normalized spacial score (nSPS) is 11.1. The summed E-state index contributed by atoms with van der Waals surface area (Å²) in [6.07, 6.45) is 0.905. The number of aromatic carboxylic acids is 1. The van der Waals surface area contributed by atoms with Gasteiger partial charge in [0.05, 0.1) is 12.2 Å². The van der Waals surface area contributed by atoms with Crippen molar-refractivity contribution in [2.45, 2.75) is 19.5 Å². The molecule has 1 N–H and O–H groups in total. The average Bonchev–Trinajstić information content (AvgIpc) is 2.80. The molecule has 0 aliphatic rings. The van der Waals surface area contributed by atoms with Gasteiger partial charge in [0, 0.05) is 32.6 Å². The predicted molar refractivity (Wildman–Crippen MR) is 128 cm³/mol. The third kappa shape index (κ3) is 7.84. The Bertz CT molecular complexity index is 956. The molecule has 0 fully saturated rings. The van der Waals surface area contributed by atoms with Crippen LogP contribution in [-0.4, -0.2) is 54.7 Å². The summed E-state index contributed by atoms with van der Waals surface area (Å²) in [5, 5.41) is 9.00. The molecule has 3 rings (SSSR count). The lowest BCUT2D eigenvalue weighted by Crippen LogP contribution is -2.30. The molecular weight excluding hydrogens is 400 g/mol. The molecule has 0 aliphatic heterocycles. The highest BCUT2D eigenvalue weighted by molar-refractivity contribution is 5.87. The number of hydrogen-bond donors (Lipinski definition) is 1. The lowest BCUT2D eigenvalue weighted by atomic mass is 10.1. The van der Waals surface area contributed by atoms with Gasteiger partial charge in [0.2, 0.25) is 0 Å². The fourth-order valence-corrected chi connectivity index (χ4v) is 3.50. The summed E-state index contributed by atoms with van der Waals surface area (Å²) in [7, 11) is 4.21. The van der Waals surface area contributed by atoms with E-state index in [2.05, 4.69) is 60.3 Å². The number of nitrogens with zero attached hydrogens (tertiary/aromatic N) is 2. The summed E-state index contributed by atoms with van der Waals surface area (Å²) in [5.41, 5.74) is 3.98. The van der Waals surface area contributed by atoms with Crippen LogP contribution < -0.4 is 4.74 Å². The molecule has 0 aliphatic carbocycles. The summed E-state index contributed by atoms with van der Waals surface area (Å²) in [6.45, 7) is 4.22. The molecule has 3 aromatic rings. The Morgan fingerprint density at radius 1 is 0.750 bits per heavy atom. The van der Waals surface area contributed by atoms with Crippen molar-refractivity contribution >= 4 is 5.97 Å². The molecule has 0 heterocycles. The Morgan fingerprint density at radius 2 is 1.28 bits per heavy atom. The van der Waals surface area contributed by atoms with Gasteiger partial charge in [0.25, 0.3) is 0 Å². The van der Waals surface area contributed by atoms with E-state index in [-0.39, 0.29) is 0 Å². The predicted octanol–water partition coefficient (Wildman–Crippen LogP) is 4.57. The number of carbonyl (C=O) groups is 1. The van der Waals surface area contributed by atoms with Gasteiger partial charge in [-0.3, -0.25) is 0 Å². The van der Waals surface area contributed by atoms with Gasteiger partial charge in [0.15, 0.2) is 0 Å². The molecule has 0 spiro atoms. The van der Waals surface area contributed by atoms with E-state index in [1.54, 1.807) is 12.1 Å². The Balaban J connectivity index is 1.36. The number of likely N-dealkylation sites (N-methyl/N-ethyl adjacent to an activating group) is 2. The summed E-state index contributed by atoms with van der Waals surface area (Å²) in [4.78, 5) is 15.5.